The van der Waals surface area contributed by atoms with E-state index in [1.807, 2.05) is 13.8 Å². The first-order valence-electron chi connectivity index (χ1n) is 47.3. The second-order valence-corrected chi connectivity index (χ2v) is 39.8. The quantitative estimate of drug-likeness (QED) is 0.00994. The molecule has 0 spiro atoms. The summed E-state index contributed by atoms with van der Waals surface area (Å²) < 4.78 is -0.970. The molecule has 3 fully saturated rings. The summed E-state index contributed by atoms with van der Waals surface area (Å²) in [7, 11) is 2.24. The summed E-state index contributed by atoms with van der Waals surface area (Å²) in [6.45, 7) is 13.0. The molecule has 778 valence electrons. The molecule has 0 aromatic heterocycles. The number of amides is 19. The van der Waals surface area contributed by atoms with Gasteiger partial charge in [-0.3, -0.25) is 101 Å². The van der Waals surface area contributed by atoms with Gasteiger partial charge in [-0.05, 0) is 118 Å². The lowest BCUT2D eigenvalue weighted by atomic mass is 9.85. The molecule has 2 heterocycles. The van der Waals surface area contributed by atoms with Gasteiger partial charge in [0.05, 0.1) is 38.0 Å². The highest BCUT2D eigenvalue weighted by atomic mass is 33.1. The number of carbonyl (C=O) groups excluding carboxylic acids is 20. The van der Waals surface area contributed by atoms with Crippen molar-refractivity contribution in [2.45, 2.75) is 292 Å². The summed E-state index contributed by atoms with van der Waals surface area (Å²) >= 11 is 8.52. The molecule has 2 aromatic carbocycles. The molecule has 2 aliphatic heterocycles. The number of phenolic OH excluding ortho intramolecular Hbond substituents is 1. The molecule has 0 radical (unpaired) electrons. The zero-order valence-electron chi connectivity index (χ0n) is 80.6. The van der Waals surface area contributed by atoms with Crippen LogP contribution in [-0.4, -0.2) is 284 Å². The Kier molecular flexibility index (Phi) is 50.9. The van der Waals surface area contributed by atoms with Gasteiger partial charge < -0.3 is 129 Å². The molecule has 30 N–H and O–H groups in total. The van der Waals surface area contributed by atoms with E-state index >= 15 is 19.2 Å². The lowest BCUT2D eigenvalue weighted by Crippen LogP contribution is -2.62. The number of ketones is 1. The summed E-state index contributed by atoms with van der Waals surface area (Å²) in [5, 5.41) is 54.2. The maximum atomic E-state index is 15.3. The molecule has 1 saturated carbocycles. The Balaban J connectivity index is 1.44. The van der Waals surface area contributed by atoms with Crippen LogP contribution < -0.4 is 115 Å². The van der Waals surface area contributed by atoms with Gasteiger partial charge in [0.25, 0.3) is 0 Å². The second kappa shape index (κ2) is 59.9. The first-order chi connectivity index (χ1) is 66.2. The number of primary amides is 4. The number of benzene rings is 2. The summed E-state index contributed by atoms with van der Waals surface area (Å²) in [5.74, 6) is -21.1. The summed E-state index contributed by atoms with van der Waals surface area (Å²) in [6, 6.07) is -7.30. The van der Waals surface area contributed by atoms with Crippen LogP contribution in [0, 0.1) is 29.1 Å². The van der Waals surface area contributed by atoms with Gasteiger partial charge in [-0.2, -0.15) is 25.3 Å². The number of rotatable bonds is 61. The monoisotopic (exact) mass is 2040 g/mol. The first kappa shape index (κ1) is 119. The zero-order valence-corrected chi connectivity index (χ0v) is 84.1. The Morgan fingerprint density at radius 1 is 0.471 bits per heavy atom. The highest BCUT2D eigenvalue weighted by Crippen LogP contribution is 2.48. The molecule has 45 nitrogen and oxygen atoms in total. The summed E-state index contributed by atoms with van der Waals surface area (Å²) in [4.78, 5) is 283. The first-order valence-corrected chi connectivity index (χ1v) is 50.9. The van der Waals surface area contributed by atoms with E-state index in [4.69, 9.17) is 45.5 Å². The van der Waals surface area contributed by atoms with Crippen molar-refractivity contribution in [3.63, 3.8) is 0 Å². The number of likely N-dealkylation sites (tertiary alicyclic amines) is 2. The number of nitrogens with two attached hydrogens (primary N) is 7. The van der Waals surface area contributed by atoms with E-state index in [2.05, 4.69) is 99.7 Å². The lowest BCUT2D eigenvalue weighted by molar-refractivity contribution is -0.142. The van der Waals surface area contributed by atoms with Gasteiger partial charge in [-0.1, -0.05) is 158 Å². The number of nitrogens with one attached hydrogen (secondary N) is 15. The molecule has 140 heavy (non-hydrogen) atoms. The topological polar surface area (TPSA) is 743 Å². The Bertz CT molecular complexity index is 4620. The van der Waals surface area contributed by atoms with Gasteiger partial charge in [0.2, 0.25) is 112 Å². The summed E-state index contributed by atoms with van der Waals surface area (Å²) in [5.41, 5.74) is 40.5. The molecular formula is C91H144N24O21S4. The third-order valence-electron chi connectivity index (χ3n) is 24.7. The van der Waals surface area contributed by atoms with Crippen molar-refractivity contribution in [2.75, 3.05) is 50.0 Å². The van der Waals surface area contributed by atoms with Crippen molar-refractivity contribution in [1.29, 1.82) is 5.41 Å². The van der Waals surface area contributed by atoms with Crippen LogP contribution in [0.1, 0.15) is 195 Å². The second-order valence-electron chi connectivity index (χ2n) is 36.2. The molecule has 5 rings (SSSR count). The van der Waals surface area contributed by atoms with Crippen molar-refractivity contribution in [1.82, 2.24) is 84.2 Å². The molecule has 49 heteroatoms. The number of guanidine groups is 1. The van der Waals surface area contributed by atoms with E-state index in [0.29, 0.717) is 56.1 Å². The van der Waals surface area contributed by atoms with E-state index in [0.717, 1.165) is 17.2 Å². The summed E-state index contributed by atoms with van der Waals surface area (Å²) in [6.07, 6.45) is 1.34. The predicted molar refractivity (Wildman–Crippen MR) is 530 cm³/mol. The number of thiol groups is 2. The van der Waals surface area contributed by atoms with Gasteiger partial charge in [-0.25, -0.2) is 0 Å². The number of hydrogen-bond acceptors (Lipinski definition) is 28. The van der Waals surface area contributed by atoms with Gasteiger partial charge in [0.15, 0.2) is 11.7 Å². The normalized spacial score (nSPS) is 17.8. The minimum atomic E-state index is -1.95. The van der Waals surface area contributed by atoms with E-state index in [1.165, 1.54) is 44.9 Å². The van der Waals surface area contributed by atoms with Crippen molar-refractivity contribution in [3.05, 3.63) is 65.7 Å². The van der Waals surface area contributed by atoms with Crippen molar-refractivity contribution in [2.24, 2.45) is 63.8 Å². The predicted octanol–water partition coefficient (Wildman–Crippen LogP) is -3.77. The molecular weight excluding hydrogens is 1890 g/mol. The van der Waals surface area contributed by atoms with Crippen molar-refractivity contribution >= 4 is 171 Å². The number of nitrogens with zero attached hydrogens (tertiary/aromatic N) is 2. The van der Waals surface area contributed by atoms with Crippen molar-refractivity contribution in [3.8, 4) is 5.75 Å². The highest BCUT2D eigenvalue weighted by molar-refractivity contribution is 8.77. The highest BCUT2D eigenvalue weighted by Gasteiger charge is 2.46. The average Bonchev–Trinajstić information content (AvgIpc) is 1.78. The number of aromatic hydroxyl groups is 1. The minimum absolute atomic E-state index is 0.00321. The van der Waals surface area contributed by atoms with Crippen LogP contribution in [0.3, 0.4) is 0 Å². The number of phenols is 1. The van der Waals surface area contributed by atoms with Crippen LogP contribution in [0.2, 0.25) is 0 Å². The molecule has 19 amide bonds. The van der Waals surface area contributed by atoms with Gasteiger partial charge in [0.1, 0.15) is 84.3 Å². The molecule has 1 unspecified atom stereocenters. The largest absolute Gasteiger partial charge is 0.508 e. The maximum Gasteiger partial charge on any atom is 0.246 e. The molecule has 2 aromatic rings. The standard InChI is InChI=1S/C91H144N24O21S4/c1-9-49(6)73(85(132)107-59(39-52-21-14-12-15-22-52)81(128)113-75(51(8)11-3)87(134)108-61(41-69(96)119)80(127)109-63(46-138)89(136)115-36-20-24-65(115)83(130)104-56(23-18-34-100-90(98)99)77(124)101-44-70(97)120)111-71(121)42-91(32-16-13-17-33-91)140-139-47-64(110-84(131)66-25-19-35-114(66)88(135)62(37-48(4)5)102-72(122)43-92)82(129)106-60(40-68(95)118)79(126)103-57(30-31-67(94)117)78(125)112-74(50(7)10-2)86(133)105-58(76(123)55(93)45-137)38-53-26-28-54(116)29-27-53/h12,14-15,21-22,26-29,48-51,55-66,73-75,116,137-138H,9-11,13,16-20,23-25,30-47,92-93H2,1-8H3,(H2,94,117)(H2,95,118)(H2,96,119)(H2,97,120)(H,101,124)(H,102,122)(H,103,126)(H,104,130)(H,105,133)(H,106,129)(H,107,132)(H,108,134)(H,109,127)(H,110,131)(H,111,121)(H,112,125)(H,113,128)(H4,98,99,100)/t49-,50-,51-,55?,56-,57-,58-,59-,60-,61-,62-,63-,64-,65-,66-,73+,74-,75-/m0/s1. The van der Waals surface area contributed by atoms with Crippen LogP contribution >= 0.6 is 46.8 Å². The zero-order chi connectivity index (χ0) is 104. The van der Waals surface area contributed by atoms with Crippen LogP contribution in [0.4, 0.5) is 0 Å². The molecule has 1 aliphatic carbocycles. The Morgan fingerprint density at radius 3 is 1.41 bits per heavy atom. The SMILES string of the molecule is CC[C@H](C)[C@H](NC(=O)[C@H](Cc1ccccc1)NC(=O)[C@H](NC(=O)CC1(SSC[C@H](NC(=O)[C@@H]2CCCN2C(=O)[C@H](CC(C)C)NC(=O)CN)C(=O)N[C@@H](CC(N)=O)C(=O)N[C@@H](CCC(N)=O)C(=O)N[C@H](C(=O)N[C@@H](Cc2ccc(O)cc2)C(=O)C(N)CS)[C@@H](C)CC)CCCCC1)[C@@H](C)CC)C(=O)N[C@@H](CC(N)=O)C(=O)N[C@@H](CS)C(=O)N1CCC[C@H]1C(=O)N[C@@H](CCCNC(=N)N)C(=O)NCC(N)=O. The molecule has 2 saturated heterocycles. The van der Waals surface area contributed by atoms with Crippen LogP contribution in [0.15, 0.2) is 54.6 Å². The average molecular weight is 2040 g/mol. The van der Waals surface area contributed by atoms with E-state index < -0.39 is 270 Å². The molecule has 3 aliphatic rings. The van der Waals surface area contributed by atoms with Gasteiger partial charge >= 0.3 is 0 Å². The number of carbonyl (C=O) groups is 20. The minimum Gasteiger partial charge on any atom is -0.508 e. The van der Waals surface area contributed by atoms with Gasteiger partial charge in [-0.15, -0.1) is 0 Å². The van der Waals surface area contributed by atoms with Crippen molar-refractivity contribution < 1.29 is 101 Å². The van der Waals surface area contributed by atoms with Crippen LogP contribution in [0.5, 0.6) is 5.75 Å². The Hall–Kier alpha value is -11.6. The van der Waals surface area contributed by atoms with Gasteiger partial charge in [0, 0.05) is 60.9 Å². The fourth-order valence-corrected chi connectivity index (χ4v) is 20.1. The fourth-order valence-electron chi connectivity index (χ4n) is 16.3. The van der Waals surface area contributed by atoms with E-state index in [-0.39, 0.29) is 119 Å². The smallest absolute Gasteiger partial charge is 0.246 e. The fraction of sp³-hybridized carbons (Fsp3) is 0.637. The molecule has 18 atom stereocenters. The number of Topliss-reactive ketones (excluding diaryl/α,β-unsaturated/α-hetero) is 1. The van der Waals surface area contributed by atoms with E-state index in [1.54, 1.807) is 71.9 Å². The lowest BCUT2D eigenvalue weighted by Gasteiger charge is -2.37. The van der Waals surface area contributed by atoms with Crippen LogP contribution in [-0.2, 0) is 109 Å². The third-order valence-corrected chi connectivity index (χ3v) is 28.8. The Labute approximate surface area is 834 Å². The number of hydrogen-bond donors (Lipinski definition) is 25. The van der Waals surface area contributed by atoms with E-state index in [9.17, 15) is 81.8 Å². The Morgan fingerprint density at radius 2 is 0.921 bits per heavy atom. The third kappa shape index (κ3) is 39.1. The maximum absolute atomic E-state index is 15.3. The van der Waals surface area contributed by atoms with Crippen LogP contribution in [0.25, 0.3) is 0 Å². The molecule has 0 bridgehead atoms.